The highest BCUT2D eigenvalue weighted by Gasteiger charge is 2.36. The number of methoxy groups -OCH3 is 1. The number of nitrogens with zero attached hydrogens (tertiary/aromatic N) is 4. The van der Waals surface area contributed by atoms with Crippen LogP contribution in [-0.4, -0.2) is 79.4 Å². The summed E-state index contributed by atoms with van der Waals surface area (Å²) < 4.78 is 11.1. The molecule has 5 rings (SSSR count). The van der Waals surface area contributed by atoms with Crippen LogP contribution in [0.4, 0.5) is 16.3 Å². The molecule has 2 atom stereocenters. The van der Waals surface area contributed by atoms with E-state index in [2.05, 4.69) is 15.5 Å². The normalized spacial score (nSPS) is 21.2. The first-order chi connectivity index (χ1) is 16.5. The number of urea groups is 1. The van der Waals surface area contributed by atoms with Crippen molar-refractivity contribution in [2.75, 3.05) is 50.6 Å². The molecule has 0 spiro atoms. The van der Waals surface area contributed by atoms with Gasteiger partial charge in [-0.2, -0.15) is 0 Å². The van der Waals surface area contributed by atoms with Gasteiger partial charge in [0, 0.05) is 50.6 Å². The van der Waals surface area contributed by atoms with E-state index >= 15 is 0 Å². The van der Waals surface area contributed by atoms with Gasteiger partial charge in [0.15, 0.2) is 5.82 Å². The SMILES string of the molecule is CNC(=O)Nc1ccc(-c2nc3c(c(N4CC5CCC(C4)O5)n2)CCN(C(=O)COC)C3)cc1. The van der Waals surface area contributed by atoms with Crippen molar-refractivity contribution in [3.63, 3.8) is 0 Å². The number of benzene rings is 1. The fraction of sp³-hybridized carbons (Fsp3) is 0.500. The number of rotatable bonds is 5. The Balaban J connectivity index is 1.49. The molecule has 1 aromatic carbocycles. The van der Waals surface area contributed by atoms with Gasteiger partial charge in [-0.25, -0.2) is 14.8 Å². The molecule has 0 aliphatic carbocycles. The zero-order chi connectivity index (χ0) is 23.7. The first kappa shape index (κ1) is 22.5. The average Bonchev–Trinajstić information content (AvgIpc) is 3.20. The Morgan fingerprint density at radius 2 is 1.88 bits per heavy atom. The van der Waals surface area contributed by atoms with Gasteiger partial charge in [0.25, 0.3) is 0 Å². The molecule has 0 saturated carbocycles. The number of fused-ring (bicyclic) bond motifs is 3. The maximum Gasteiger partial charge on any atom is 0.318 e. The van der Waals surface area contributed by atoms with E-state index in [9.17, 15) is 9.59 Å². The number of ether oxygens (including phenoxy) is 2. The smallest absolute Gasteiger partial charge is 0.318 e. The number of carbonyl (C=O) groups is 2. The molecular formula is C24H30N6O4. The minimum Gasteiger partial charge on any atom is -0.375 e. The molecule has 0 radical (unpaired) electrons. The molecule has 3 amide bonds. The summed E-state index contributed by atoms with van der Waals surface area (Å²) in [4.78, 5) is 38.1. The van der Waals surface area contributed by atoms with Crippen LogP contribution in [0.5, 0.6) is 0 Å². The molecule has 3 aliphatic heterocycles. The van der Waals surface area contributed by atoms with Crippen LogP contribution < -0.4 is 15.5 Å². The van der Waals surface area contributed by atoms with E-state index in [0.717, 1.165) is 48.6 Å². The highest BCUT2D eigenvalue weighted by molar-refractivity contribution is 5.89. The summed E-state index contributed by atoms with van der Waals surface area (Å²) in [5, 5.41) is 5.30. The molecule has 4 heterocycles. The Morgan fingerprint density at radius 3 is 2.56 bits per heavy atom. The van der Waals surface area contributed by atoms with Crippen molar-refractivity contribution >= 4 is 23.4 Å². The largest absolute Gasteiger partial charge is 0.375 e. The Labute approximate surface area is 198 Å². The van der Waals surface area contributed by atoms with E-state index in [1.54, 1.807) is 11.9 Å². The van der Waals surface area contributed by atoms with E-state index in [-0.39, 0.29) is 30.8 Å². The number of amides is 3. The van der Waals surface area contributed by atoms with E-state index in [1.807, 2.05) is 24.3 Å². The summed E-state index contributed by atoms with van der Waals surface area (Å²) in [6.45, 7) is 2.77. The second kappa shape index (κ2) is 9.55. The standard InChI is InChI=1S/C24H30N6O4/c1-25-24(32)26-16-5-3-15(4-6-16)22-27-20-13-29(21(31)14-33-2)10-9-19(20)23(28-22)30-11-17-7-8-18(12-30)34-17/h3-6,17-18H,7-14H2,1-2H3,(H2,25,26,32). The minimum absolute atomic E-state index is 0.0380. The molecule has 3 aliphatic rings. The second-order valence-corrected chi connectivity index (χ2v) is 8.94. The third-order valence-corrected chi connectivity index (χ3v) is 6.63. The third-order valence-electron chi connectivity index (χ3n) is 6.63. The van der Waals surface area contributed by atoms with Crippen LogP contribution in [0, 0.1) is 0 Å². The Bertz CT molecular complexity index is 1060. The first-order valence-corrected chi connectivity index (χ1v) is 11.7. The number of nitrogens with one attached hydrogen (secondary N) is 2. The molecule has 1 aromatic heterocycles. The molecular weight excluding hydrogens is 436 g/mol. The fourth-order valence-electron chi connectivity index (χ4n) is 4.91. The molecule has 34 heavy (non-hydrogen) atoms. The van der Waals surface area contributed by atoms with Gasteiger partial charge >= 0.3 is 6.03 Å². The Hall–Kier alpha value is -3.24. The zero-order valence-corrected chi connectivity index (χ0v) is 19.5. The van der Waals surface area contributed by atoms with Gasteiger partial charge < -0.3 is 29.9 Å². The van der Waals surface area contributed by atoms with Crippen molar-refractivity contribution in [2.45, 2.75) is 38.0 Å². The van der Waals surface area contributed by atoms with Gasteiger partial charge in [-0.05, 0) is 43.5 Å². The lowest BCUT2D eigenvalue weighted by atomic mass is 10.0. The lowest BCUT2D eigenvalue weighted by Crippen LogP contribution is -2.45. The quantitative estimate of drug-likeness (QED) is 0.692. The van der Waals surface area contributed by atoms with Gasteiger partial charge in [-0.15, -0.1) is 0 Å². The third kappa shape index (κ3) is 4.55. The van der Waals surface area contributed by atoms with Crippen LogP contribution in [-0.2, 0) is 27.2 Å². The van der Waals surface area contributed by atoms with Crippen LogP contribution in [0.25, 0.3) is 11.4 Å². The summed E-state index contributed by atoms with van der Waals surface area (Å²) in [5.41, 5.74) is 3.52. The number of carbonyl (C=O) groups excluding carboxylic acids is 2. The van der Waals surface area contributed by atoms with Crippen molar-refractivity contribution < 1.29 is 19.1 Å². The predicted octanol–water partition coefficient (Wildman–Crippen LogP) is 1.79. The number of aromatic nitrogens is 2. The molecule has 2 N–H and O–H groups in total. The molecule has 2 aromatic rings. The van der Waals surface area contributed by atoms with Crippen LogP contribution in [0.3, 0.4) is 0 Å². The first-order valence-electron chi connectivity index (χ1n) is 11.7. The van der Waals surface area contributed by atoms with Gasteiger partial charge in [-0.1, -0.05) is 0 Å². The van der Waals surface area contributed by atoms with Crippen molar-refractivity contribution in [2.24, 2.45) is 0 Å². The number of anilines is 2. The van der Waals surface area contributed by atoms with Crippen molar-refractivity contribution in [1.29, 1.82) is 0 Å². The molecule has 10 nitrogen and oxygen atoms in total. The molecule has 2 unspecified atom stereocenters. The summed E-state index contributed by atoms with van der Waals surface area (Å²) in [6, 6.07) is 7.18. The molecule has 2 saturated heterocycles. The van der Waals surface area contributed by atoms with Gasteiger partial charge in [-0.3, -0.25) is 4.79 Å². The summed E-state index contributed by atoms with van der Waals surface area (Å²) in [6.07, 6.45) is 3.36. The lowest BCUT2D eigenvalue weighted by molar-refractivity contribution is -0.136. The van der Waals surface area contributed by atoms with Crippen LogP contribution in [0.15, 0.2) is 24.3 Å². The van der Waals surface area contributed by atoms with Gasteiger partial charge in [0.2, 0.25) is 5.91 Å². The number of morpholine rings is 1. The number of hydrogen-bond donors (Lipinski definition) is 2. The highest BCUT2D eigenvalue weighted by atomic mass is 16.5. The summed E-state index contributed by atoms with van der Waals surface area (Å²) >= 11 is 0. The lowest BCUT2D eigenvalue weighted by Gasteiger charge is -2.36. The molecule has 10 heteroatoms. The van der Waals surface area contributed by atoms with E-state index in [1.165, 1.54) is 7.11 Å². The Morgan fingerprint density at radius 1 is 1.15 bits per heavy atom. The van der Waals surface area contributed by atoms with Crippen molar-refractivity contribution in [3.05, 3.63) is 35.5 Å². The summed E-state index contributed by atoms with van der Waals surface area (Å²) in [7, 11) is 3.11. The topological polar surface area (TPSA) is 109 Å². The monoisotopic (exact) mass is 466 g/mol. The fourth-order valence-corrected chi connectivity index (χ4v) is 4.91. The molecule has 2 fully saturated rings. The maximum atomic E-state index is 12.5. The predicted molar refractivity (Wildman–Crippen MR) is 127 cm³/mol. The van der Waals surface area contributed by atoms with Gasteiger partial charge in [0.05, 0.1) is 24.4 Å². The Kier molecular flexibility index (Phi) is 6.34. The van der Waals surface area contributed by atoms with Crippen molar-refractivity contribution in [1.82, 2.24) is 20.2 Å². The molecule has 180 valence electrons. The average molecular weight is 467 g/mol. The van der Waals surface area contributed by atoms with Crippen LogP contribution in [0.2, 0.25) is 0 Å². The summed E-state index contributed by atoms with van der Waals surface area (Å²) in [5.74, 6) is 1.52. The second-order valence-electron chi connectivity index (χ2n) is 8.94. The van der Waals surface area contributed by atoms with Gasteiger partial charge in [0.1, 0.15) is 12.4 Å². The van der Waals surface area contributed by atoms with Crippen molar-refractivity contribution in [3.8, 4) is 11.4 Å². The maximum absolute atomic E-state index is 12.5. The van der Waals surface area contributed by atoms with E-state index in [0.29, 0.717) is 31.0 Å². The zero-order valence-electron chi connectivity index (χ0n) is 19.5. The minimum atomic E-state index is -0.275. The van der Waals surface area contributed by atoms with Crippen LogP contribution in [0.1, 0.15) is 24.1 Å². The highest BCUT2D eigenvalue weighted by Crippen LogP contribution is 2.34. The van der Waals surface area contributed by atoms with E-state index in [4.69, 9.17) is 19.4 Å². The van der Waals surface area contributed by atoms with E-state index < -0.39 is 0 Å². The molecule has 2 bridgehead atoms. The van der Waals surface area contributed by atoms with Crippen LogP contribution >= 0.6 is 0 Å². The number of hydrogen-bond acceptors (Lipinski definition) is 7.